The van der Waals surface area contributed by atoms with Crippen LogP contribution in [0.15, 0.2) is 122 Å². The molecule has 0 aromatic heterocycles. The summed E-state index contributed by atoms with van der Waals surface area (Å²) in [5.41, 5.74) is 9.48. The molecular weight excluding hydrogens is 348 g/mol. The third kappa shape index (κ3) is 4.44. The second-order valence-corrected chi connectivity index (χ2v) is 7.25. The molecule has 0 amide bonds. The summed E-state index contributed by atoms with van der Waals surface area (Å²) in [7, 11) is 0. The van der Waals surface area contributed by atoms with E-state index in [-0.39, 0.29) is 0 Å². The lowest BCUT2D eigenvalue weighted by Gasteiger charge is -2.09. The van der Waals surface area contributed by atoms with Crippen LogP contribution in [0.4, 0.5) is 0 Å². The smallest absolute Gasteiger partial charge is 0.0178 e. The molecule has 4 rings (SSSR count). The molecule has 4 aromatic rings. The summed E-state index contributed by atoms with van der Waals surface area (Å²) in [6, 6.07) is 38.3. The Morgan fingerprint density at radius 3 is 1.72 bits per heavy atom. The molecule has 4 aromatic carbocycles. The second kappa shape index (κ2) is 8.58. The highest BCUT2D eigenvalue weighted by Crippen LogP contribution is 2.29. The van der Waals surface area contributed by atoms with Crippen LogP contribution in [0.1, 0.15) is 18.1 Å². The number of benzene rings is 4. The zero-order chi connectivity index (χ0) is 20.1. The third-order valence-corrected chi connectivity index (χ3v) is 5.16. The van der Waals surface area contributed by atoms with Gasteiger partial charge in [0.05, 0.1) is 0 Å². The Balaban J connectivity index is 1.64. The summed E-state index contributed by atoms with van der Waals surface area (Å²) in [5, 5.41) is 0. The lowest BCUT2D eigenvalue weighted by atomic mass is 9.95. The topological polar surface area (TPSA) is 0 Å². The van der Waals surface area contributed by atoms with Gasteiger partial charge in [-0.1, -0.05) is 110 Å². The molecule has 0 N–H and O–H groups in total. The van der Waals surface area contributed by atoms with E-state index in [2.05, 4.69) is 117 Å². The minimum absolute atomic E-state index is 1.02. The first-order chi connectivity index (χ1) is 14.2. The summed E-state index contributed by atoms with van der Waals surface area (Å²) < 4.78 is 0. The molecular formula is C29H24. The Kier molecular flexibility index (Phi) is 5.54. The second-order valence-electron chi connectivity index (χ2n) is 7.25. The molecule has 0 spiro atoms. The van der Waals surface area contributed by atoms with E-state index < -0.39 is 0 Å². The average Bonchev–Trinajstić information content (AvgIpc) is 2.80. The van der Waals surface area contributed by atoms with Crippen LogP contribution in [0.25, 0.3) is 33.4 Å². The molecule has 0 unspecified atom stereocenters. The van der Waals surface area contributed by atoms with Crippen LogP contribution in [0.2, 0.25) is 0 Å². The van der Waals surface area contributed by atoms with E-state index in [0.29, 0.717) is 0 Å². The zero-order valence-electron chi connectivity index (χ0n) is 16.7. The zero-order valence-corrected chi connectivity index (χ0v) is 16.7. The van der Waals surface area contributed by atoms with Crippen molar-refractivity contribution < 1.29 is 0 Å². The Bertz CT molecular complexity index is 1150. The molecule has 0 aliphatic carbocycles. The van der Waals surface area contributed by atoms with Crippen molar-refractivity contribution in [3.63, 3.8) is 0 Å². The third-order valence-electron chi connectivity index (χ3n) is 5.16. The Morgan fingerprint density at radius 1 is 0.552 bits per heavy atom. The van der Waals surface area contributed by atoms with Crippen LogP contribution in [0, 0.1) is 0 Å². The van der Waals surface area contributed by atoms with Crippen molar-refractivity contribution in [2.24, 2.45) is 0 Å². The fraction of sp³-hybridized carbons (Fsp3) is 0.0345. The van der Waals surface area contributed by atoms with Crippen molar-refractivity contribution >= 4 is 11.1 Å². The first kappa shape index (κ1) is 18.7. The highest BCUT2D eigenvalue weighted by atomic mass is 14.1. The van der Waals surface area contributed by atoms with Gasteiger partial charge < -0.3 is 0 Å². The fourth-order valence-electron chi connectivity index (χ4n) is 3.54. The van der Waals surface area contributed by atoms with E-state index in [4.69, 9.17) is 0 Å². The van der Waals surface area contributed by atoms with Crippen molar-refractivity contribution in [2.75, 3.05) is 0 Å². The molecule has 0 heterocycles. The standard InChI is InChI=1S/C29H24/c1-22(24-11-5-3-6-12-24)19-23(2)26-15-9-17-28(20-26)29-18-10-16-27(21-29)25-13-7-4-8-14-25/h3-21H,2H2,1H3/b22-19+. The molecule has 0 aliphatic heterocycles. The lowest BCUT2D eigenvalue weighted by Crippen LogP contribution is -1.86. The first-order valence-electron chi connectivity index (χ1n) is 9.90. The van der Waals surface area contributed by atoms with Crippen LogP contribution in [0.5, 0.6) is 0 Å². The number of hydrogen-bond donors (Lipinski definition) is 0. The molecule has 0 heteroatoms. The molecule has 0 atom stereocenters. The molecule has 0 bridgehead atoms. The maximum atomic E-state index is 4.31. The highest BCUT2D eigenvalue weighted by molar-refractivity contribution is 5.84. The summed E-state index contributed by atoms with van der Waals surface area (Å²) in [5.74, 6) is 0. The van der Waals surface area contributed by atoms with Crippen LogP contribution < -0.4 is 0 Å². The molecule has 0 saturated carbocycles. The Labute approximate surface area is 173 Å². The van der Waals surface area contributed by atoms with Crippen LogP contribution >= 0.6 is 0 Å². The summed E-state index contributed by atoms with van der Waals surface area (Å²) in [4.78, 5) is 0. The van der Waals surface area contributed by atoms with Crippen molar-refractivity contribution in [1.82, 2.24) is 0 Å². The van der Waals surface area contributed by atoms with Crippen molar-refractivity contribution in [3.05, 3.63) is 133 Å². The van der Waals surface area contributed by atoms with Crippen LogP contribution in [-0.4, -0.2) is 0 Å². The van der Waals surface area contributed by atoms with E-state index in [1.54, 1.807) is 0 Å². The predicted molar refractivity (Wildman–Crippen MR) is 126 cm³/mol. The molecule has 0 aliphatic rings. The summed E-state index contributed by atoms with van der Waals surface area (Å²) >= 11 is 0. The van der Waals surface area contributed by atoms with Crippen LogP contribution in [-0.2, 0) is 0 Å². The predicted octanol–water partition coefficient (Wildman–Crippen LogP) is 8.14. The maximum Gasteiger partial charge on any atom is -0.0178 e. The first-order valence-corrected chi connectivity index (χ1v) is 9.90. The minimum atomic E-state index is 1.02. The Hall–Kier alpha value is -3.64. The van der Waals surface area contributed by atoms with Crippen molar-refractivity contribution in [2.45, 2.75) is 6.92 Å². The van der Waals surface area contributed by atoms with Gasteiger partial charge in [-0.2, -0.15) is 0 Å². The van der Waals surface area contributed by atoms with E-state index in [9.17, 15) is 0 Å². The van der Waals surface area contributed by atoms with Gasteiger partial charge in [-0.05, 0) is 63.6 Å². The van der Waals surface area contributed by atoms with E-state index in [1.165, 1.54) is 33.4 Å². The fourth-order valence-corrected chi connectivity index (χ4v) is 3.54. The van der Waals surface area contributed by atoms with Gasteiger partial charge >= 0.3 is 0 Å². The quantitative estimate of drug-likeness (QED) is 0.310. The minimum Gasteiger partial charge on any atom is -0.0911 e. The molecule has 0 fully saturated rings. The Morgan fingerprint density at radius 2 is 1.03 bits per heavy atom. The molecule has 0 nitrogen and oxygen atoms in total. The van der Waals surface area contributed by atoms with Gasteiger partial charge in [0.15, 0.2) is 0 Å². The number of allylic oxidation sites excluding steroid dienone is 3. The van der Waals surface area contributed by atoms with Gasteiger partial charge in [0.25, 0.3) is 0 Å². The van der Waals surface area contributed by atoms with Gasteiger partial charge in [-0.15, -0.1) is 0 Å². The molecule has 140 valence electrons. The molecule has 0 saturated heterocycles. The largest absolute Gasteiger partial charge is 0.0911 e. The molecule has 29 heavy (non-hydrogen) atoms. The average molecular weight is 373 g/mol. The van der Waals surface area contributed by atoms with Gasteiger partial charge in [0.2, 0.25) is 0 Å². The van der Waals surface area contributed by atoms with Crippen molar-refractivity contribution in [1.29, 1.82) is 0 Å². The van der Waals surface area contributed by atoms with Crippen LogP contribution in [0.3, 0.4) is 0 Å². The lowest BCUT2D eigenvalue weighted by molar-refractivity contribution is 1.55. The highest BCUT2D eigenvalue weighted by Gasteiger charge is 2.04. The van der Waals surface area contributed by atoms with Gasteiger partial charge in [0.1, 0.15) is 0 Å². The van der Waals surface area contributed by atoms with Gasteiger partial charge in [-0.3, -0.25) is 0 Å². The van der Waals surface area contributed by atoms with Gasteiger partial charge in [0, 0.05) is 0 Å². The maximum absolute atomic E-state index is 4.31. The van der Waals surface area contributed by atoms with Crippen molar-refractivity contribution in [3.8, 4) is 22.3 Å². The van der Waals surface area contributed by atoms with E-state index in [1.807, 2.05) is 12.1 Å². The SMILES string of the molecule is C=C(/C=C(\C)c1ccccc1)c1cccc(-c2cccc(-c3ccccc3)c2)c1. The van der Waals surface area contributed by atoms with E-state index in [0.717, 1.165) is 11.1 Å². The number of rotatable bonds is 5. The normalized spacial score (nSPS) is 11.3. The van der Waals surface area contributed by atoms with E-state index >= 15 is 0 Å². The monoisotopic (exact) mass is 372 g/mol. The summed E-state index contributed by atoms with van der Waals surface area (Å²) in [6.45, 7) is 6.45. The van der Waals surface area contributed by atoms with Gasteiger partial charge in [-0.25, -0.2) is 0 Å². The molecule has 0 radical (unpaired) electrons. The summed E-state index contributed by atoms with van der Waals surface area (Å²) in [6.07, 6.45) is 2.16. The number of hydrogen-bond acceptors (Lipinski definition) is 0.